The second kappa shape index (κ2) is 9.21. The Hall–Kier alpha value is -2.69. The number of nitrogens with zero attached hydrogens (tertiary/aromatic N) is 3. The fourth-order valence-corrected chi connectivity index (χ4v) is 3.06. The molecule has 1 N–H and O–H groups in total. The van der Waals surface area contributed by atoms with Gasteiger partial charge in [-0.1, -0.05) is 92.5 Å². The molecule has 0 fully saturated rings. The standard InChI is InChI=1S/C23H22Cl2N4/c1-23(2,3)17-14-12-16(13-15-17)22(28-26-18-8-5-4-6-9-18)29-27-21-19(24)10-7-11-20(21)25/h4-15,27H,1-3H3. The number of hydrogen-bond acceptors (Lipinski definition) is 3. The molecule has 0 saturated heterocycles. The highest BCUT2D eigenvalue weighted by Gasteiger charge is 2.14. The van der Waals surface area contributed by atoms with Crippen LogP contribution in [0.4, 0.5) is 11.4 Å². The maximum absolute atomic E-state index is 6.23. The van der Waals surface area contributed by atoms with Crippen molar-refractivity contribution in [3.8, 4) is 0 Å². The average molecular weight is 425 g/mol. The van der Waals surface area contributed by atoms with E-state index in [9.17, 15) is 0 Å². The molecule has 0 radical (unpaired) electrons. The third-order valence-electron chi connectivity index (χ3n) is 4.26. The Balaban J connectivity index is 1.96. The lowest BCUT2D eigenvalue weighted by Gasteiger charge is -2.19. The summed E-state index contributed by atoms with van der Waals surface area (Å²) in [4.78, 5) is 0. The molecule has 3 aromatic rings. The highest BCUT2D eigenvalue weighted by Crippen LogP contribution is 2.30. The lowest BCUT2D eigenvalue weighted by Crippen LogP contribution is -2.11. The van der Waals surface area contributed by atoms with Crippen molar-refractivity contribution < 1.29 is 0 Å². The number of benzene rings is 3. The zero-order valence-corrected chi connectivity index (χ0v) is 18.0. The molecular weight excluding hydrogens is 403 g/mol. The lowest BCUT2D eigenvalue weighted by molar-refractivity contribution is 0.590. The Morgan fingerprint density at radius 3 is 2.00 bits per heavy atom. The van der Waals surface area contributed by atoms with Gasteiger partial charge >= 0.3 is 0 Å². The Morgan fingerprint density at radius 2 is 1.41 bits per heavy atom. The summed E-state index contributed by atoms with van der Waals surface area (Å²) in [7, 11) is 0. The number of azo groups is 1. The van der Waals surface area contributed by atoms with Crippen LogP contribution < -0.4 is 5.43 Å². The largest absolute Gasteiger partial charge is 0.273 e. The quantitative estimate of drug-likeness (QED) is 0.197. The molecule has 0 spiro atoms. The van der Waals surface area contributed by atoms with E-state index in [2.05, 4.69) is 53.7 Å². The minimum Gasteiger partial charge on any atom is -0.273 e. The summed E-state index contributed by atoms with van der Waals surface area (Å²) in [6.45, 7) is 6.52. The predicted octanol–water partition coefficient (Wildman–Crippen LogP) is 7.85. The van der Waals surface area contributed by atoms with Crippen molar-refractivity contribution in [2.45, 2.75) is 26.2 Å². The molecule has 0 bridgehead atoms. The van der Waals surface area contributed by atoms with Crippen LogP contribution in [0, 0.1) is 0 Å². The Labute approximate surface area is 181 Å². The molecule has 0 heterocycles. The summed E-state index contributed by atoms with van der Waals surface area (Å²) in [5.41, 5.74) is 6.30. The van der Waals surface area contributed by atoms with E-state index < -0.39 is 0 Å². The molecule has 0 amide bonds. The number of anilines is 1. The van der Waals surface area contributed by atoms with E-state index in [0.717, 1.165) is 11.3 Å². The van der Waals surface area contributed by atoms with E-state index in [1.165, 1.54) is 5.56 Å². The first-order valence-corrected chi connectivity index (χ1v) is 9.95. The lowest BCUT2D eigenvalue weighted by atomic mass is 9.87. The maximum atomic E-state index is 6.23. The second-order valence-corrected chi connectivity index (χ2v) is 8.32. The highest BCUT2D eigenvalue weighted by atomic mass is 35.5. The van der Waals surface area contributed by atoms with Crippen LogP contribution in [0.5, 0.6) is 0 Å². The number of para-hydroxylation sites is 1. The minimum atomic E-state index is 0.0602. The molecule has 0 atom stereocenters. The first-order chi connectivity index (χ1) is 13.8. The third kappa shape index (κ3) is 5.66. The molecular formula is C23H22Cl2N4. The number of nitrogens with one attached hydrogen (secondary N) is 1. The van der Waals surface area contributed by atoms with Gasteiger partial charge in [-0.15, -0.1) is 10.2 Å². The molecule has 0 aliphatic heterocycles. The molecule has 0 unspecified atom stereocenters. The monoisotopic (exact) mass is 424 g/mol. The summed E-state index contributed by atoms with van der Waals surface area (Å²) >= 11 is 12.5. The number of halogens is 2. The fourth-order valence-electron chi connectivity index (χ4n) is 2.58. The molecule has 4 nitrogen and oxygen atoms in total. The second-order valence-electron chi connectivity index (χ2n) is 7.51. The van der Waals surface area contributed by atoms with Crippen LogP contribution in [-0.4, -0.2) is 5.84 Å². The van der Waals surface area contributed by atoms with E-state index in [-0.39, 0.29) is 5.41 Å². The minimum absolute atomic E-state index is 0.0602. The van der Waals surface area contributed by atoms with Crippen LogP contribution in [0.1, 0.15) is 31.9 Å². The van der Waals surface area contributed by atoms with Gasteiger partial charge in [-0.3, -0.25) is 5.43 Å². The number of amidine groups is 1. The highest BCUT2D eigenvalue weighted by molar-refractivity contribution is 6.39. The van der Waals surface area contributed by atoms with Crippen LogP contribution in [0.3, 0.4) is 0 Å². The van der Waals surface area contributed by atoms with Crippen molar-refractivity contribution in [2.24, 2.45) is 15.3 Å². The van der Waals surface area contributed by atoms with Crippen LogP contribution in [0.15, 0.2) is 88.1 Å². The van der Waals surface area contributed by atoms with E-state index >= 15 is 0 Å². The number of hydrogen-bond donors (Lipinski definition) is 1. The topological polar surface area (TPSA) is 49.1 Å². The van der Waals surface area contributed by atoms with Gasteiger partial charge in [0.25, 0.3) is 0 Å². The molecule has 0 aromatic heterocycles. The molecule has 3 rings (SSSR count). The molecule has 29 heavy (non-hydrogen) atoms. The smallest absolute Gasteiger partial charge is 0.201 e. The Morgan fingerprint density at radius 1 is 0.793 bits per heavy atom. The van der Waals surface area contributed by atoms with Crippen LogP contribution in [0.2, 0.25) is 10.0 Å². The van der Waals surface area contributed by atoms with Gasteiger partial charge in [0, 0.05) is 5.56 Å². The van der Waals surface area contributed by atoms with Gasteiger partial charge in [0.1, 0.15) is 0 Å². The Kier molecular flexibility index (Phi) is 6.68. The molecule has 6 heteroatoms. The van der Waals surface area contributed by atoms with E-state index in [1.54, 1.807) is 18.2 Å². The first kappa shape index (κ1) is 21.0. The SMILES string of the molecule is CC(C)(C)c1ccc(C(N=Nc2ccccc2)=NNc2c(Cl)cccc2Cl)cc1. The van der Waals surface area contributed by atoms with Crippen LogP contribution in [-0.2, 0) is 5.41 Å². The van der Waals surface area contributed by atoms with Gasteiger partial charge < -0.3 is 0 Å². The molecule has 3 aromatic carbocycles. The fraction of sp³-hybridized carbons (Fsp3) is 0.174. The van der Waals surface area contributed by atoms with E-state index in [4.69, 9.17) is 23.2 Å². The maximum Gasteiger partial charge on any atom is 0.201 e. The molecule has 148 valence electrons. The van der Waals surface area contributed by atoms with Crippen molar-refractivity contribution in [1.82, 2.24) is 0 Å². The summed E-state index contributed by atoms with van der Waals surface area (Å²) in [6, 6.07) is 22.9. The van der Waals surface area contributed by atoms with Crippen molar-refractivity contribution >= 4 is 40.4 Å². The first-order valence-electron chi connectivity index (χ1n) is 9.20. The normalized spacial score (nSPS) is 12.4. The van der Waals surface area contributed by atoms with Crippen molar-refractivity contribution in [2.75, 3.05) is 5.43 Å². The summed E-state index contributed by atoms with van der Waals surface area (Å²) in [5.74, 6) is 0.422. The number of rotatable bonds is 4. The number of hydrazone groups is 1. The summed E-state index contributed by atoms with van der Waals surface area (Å²) in [5, 5.41) is 14.0. The molecule has 0 saturated carbocycles. The van der Waals surface area contributed by atoms with Gasteiger partial charge in [0.2, 0.25) is 5.84 Å². The van der Waals surface area contributed by atoms with Gasteiger partial charge in [-0.25, -0.2) is 0 Å². The van der Waals surface area contributed by atoms with Crippen LogP contribution >= 0.6 is 23.2 Å². The van der Waals surface area contributed by atoms with Gasteiger partial charge in [0.05, 0.1) is 21.4 Å². The zero-order chi connectivity index (χ0) is 20.9. The molecule has 0 aliphatic rings. The predicted molar refractivity (Wildman–Crippen MR) is 123 cm³/mol. The van der Waals surface area contributed by atoms with Crippen molar-refractivity contribution in [3.05, 3.63) is 94.0 Å². The van der Waals surface area contributed by atoms with Crippen LogP contribution in [0.25, 0.3) is 0 Å². The summed E-state index contributed by atoms with van der Waals surface area (Å²) < 4.78 is 0. The van der Waals surface area contributed by atoms with E-state index in [0.29, 0.717) is 21.6 Å². The Bertz CT molecular complexity index is 1000. The third-order valence-corrected chi connectivity index (χ3v) is 4.89. The van der Waals surface area contributed by atoms with Crippen molar-refractivity contribution in [1.29, 1.82) is 0 Å². The van der Waals surface area contributed by atoms with Gasteiger partial charge in [-0.2, -0.15) is 5.10 Å². The average Bonchev–Trinajstić information content (AvgIpc) is 2.70. The zero-order valence-electron chi connectivity index (χ0n) is 16.5. The van der Waals surface area contributed by atoms with Gasteiger partial charge in [0.15, 0.2) is 0 Å². The molecule has 0 aliphatic carbocycles. The summed E-state index contributed by atoms with van der Waals surface area (Å²) in [6.07, 6.45) is 0. The van der Waals surface area contributed by atoms with Crippen molar-refractivity contribution in [3.63, 3.8) is 0 Å². The van der Waals surface area contributed by atoms with Gasteiger partial charge in [-0.05, 0) is 35.2 Å². The van der Waals surface area contributed by atoms with E-state index in [1.807, 2.05) is 42.5 Å².